The van der Waals surface area contributed by atoms with E-state index in [1.165, 1.54) is 6.34 Å². The predicted octanol–water partition coefficient (Wildman–Crippen LogP) is 3.39. The SMILES string of the molecule is CCOc1ncccc1-c1cc(NCC2(C)N=CN=N2)c2c(n1)c(C)nn2C1COC1. The third-order valence-electron chi connectivity index (χ3n) is 5.39. The Morgan fingerprint density at radius 3 is 2.94 bits per heavy atom. The van der Waals surface area contributed by atoms with Crippen molar-refractivity contribution in [3.63, 3.8) is 0 Å². The Bertz CT molecular complexity index is 1170. The molecule has 31 heavy (non-hydrogen) atoms. The highest BCUT2D eigenvalue weighted by molar-refractivity contribution is 5.93. The molecular weight excluding hydrogens is 396 g/mol. The van der Waals surface area contributed by atoms with Crippen LogP contribution in [0, 0.1) is 6.92 Å². The zero-order valence-corrected chi connectivity index (χ0v) is 17.7. The van der Waals surface area contributed by atoms with Crippen LogP contribution in [-0.4, -0.2) is 58.1 Å². The number of nitrogens with zero attached hydrogens (tertiary/aromatic N) is 7. The molecule has 0 aliphatic carbocycles. The van der Waals surface area contributed by atoms with E-state index in [-0.39, 0.29) is 6.04 Å². The number of rotatable bonds is 7. The van der Waals surface area contributed by atoms with Crippen molar-refractivity contribution in [2.24, 2.45) is 15.2 Å². The average molecular weight is 420 g/mol. The second kappa shape index (κ2) is 7.69. The van der Waals surface area contributed by atoms with Crippen molar-refractivity contribution in [2.45, 2.75) is 32.5 Å². The Balaban J connectivity index is 1.64. The van der Waals surface area contributed by atoms with Gasteiger partial charge in [-0.2, -0.15) is 10.2 Å². The Morgan fingerprint density at radius 2 is 2.23 bits per heavy atom. The summed E-state index contributed by atoms with van der Waals surface area (Å²) in [5.41, 5.74) is 4.49. The first-order valence-corrected chi connectivity index (χ1v) is 10.3. The molecule has 5 rings (SSSR count). The molecule has 2 aliphatic heterocycles. The minimum Gasteiger partial charge on any atom is -0.477 e. The van der Waals surface area contributed by atoms with Gasteiger partial charge in [-0.05, 0) is 39.0 Å². The molecule has 0 saturated carbocycles. The summed E-state index contributed by atoms with van der Waals surface area (Å²) in [5, 5.41) is 16.4. The lowest BCUT2D eigenvalue weighted by atomic mass is 10.1. The van der Waals surface area contributed by atoms with Gasteiger partial charge in [0.2, 0.25) is 5.88 Å². The summed E-state index contributed by atoms with van der Waals surface area (Å²) in [7, 11) is 0. The van der Waals surface area contributed by atoms with E-state index in [0.717, 1.165) is 33.7 Å². The first-order valence-electron chi connectivity index (χ1n) is 10.3. The predicted molar refractivity (Wildman–Crippen MR) is 117 cm³/mol. The van der Waals surface area contributed by atoms with E-state index < -0.39 is 5.66 Å². The molecule has 1 fully saturated rings. The van der Waals surface area contributed by atoms with Crippen LogP contribution in [0.4, 0.5) is 5.69 Å². The van der Waals surface area contributed by atoms with Gasteiger partial charge in [0.1, 0.15) is 17.4 Å². The van der Waals surface area contributed by atoms with E-state index >= 15 is 0 Å². The molecule has 0 amide bonds. The van der Waals surface area contributed by atoms with Crippen LogP contribution in [0.1, 0.15) is 25.6 Å². The Morgan fingerprint density at radius 1 is 1.35 bits per heavy atom. The van der Waals surface area contributed by atoms with Gasteiger partial charge in [-0.15, -0.1) is 5.11 Å². The number of aliphatic imine (C=N–C) groups is 1. The van der Waals surface area contributed by atoms with E-state index in [0.29, 0.717) is 32.2 Å². The molecule has 1 N–H and O–H groups in total. The fourth-order valence-corrected chi connectivity index (χ4v) is 3.69. The lowest BCUT2D eigenvalue weighted by Gasteiger charge is -2.27. The van der Waals surface area contributed by atoms with Crippen LogP contribution in [0.3, 0.4) is 0 Å². The number of aromatic nitrogens is 4. The number of azo groups is 1. The number of aryl methyl sites for hydroxylation is 1. The van der Waals surface area contributed by atoms with Gasteiger partial charge in [-0.3, -0.25) is 4.68 Å². The van der Waals surface area contributed by atoms with E-state index in [1.807, 2.05) is 43.7 Å². The van der Waals surface area contributed by atoms with Crippen LogP contribution in [0.5, 0.6) is 5.88 Å². The average Bonchev–Trinajstić information content (AvgIpc) is 3.30. The minimum absolute atomic E-state index is 0.196. The fourth-order valence-electron chi connectivity index (χ4n) is 3.69. The van der Waals surface area contributed by atoms with Crippen LogP contribution < -0.4 is 10.1 Å². The summed E-state index contributed by atoms with van der Waals surface area (Å²) >= 11 is 0. The first kappa shape index (κ1) is 19.6. The standard InChI is InChI=1S/C21H24N8O2/c1-4-31-20-15(6-5-7-22-20)16-8-17(23-11-21(3)24-12-25-28-21)19-18(26-16)13(2)27-29(19)14-9-30-10-14/h5-8,12,14H,4,9-11H2,1-3H3,(H,23,26). The van der Waals surface area contributed by atoms with E-state index in [1.54, 1.807) is 6.20 Å². The molecule has 10 nitrogen and oxygen atoms in total. The molecule has 3 aromatic rings. The molecule has 1 saturated heterocycles. The van der Waals surface area contributed by atoms with Crippen LogP contribution in [0.25, 0.3) is 22.3 Å². The molecule has 10 heteroatoms. The third-order valence-corrected chi connectivity index (χ3v) is 5.39. The molecule has 3 aromatic heterocycles. The second-order valence-electron chi connectivity index (χ2n) is 7.79. The van der Waals surface area contributed by atoms with Gasteiger partial charge in [0.25, 0.3) is 0 Å². The Hall–Kier alpha value is -3.40. The van der Waals surface area contributed by atoms with Gasteiger partial charge in [-0.25, -0.2) is 15.0 Å². The molecule has 5 heterocycles. The summed E-state index contributed by atoms with van der Waals surface area (Å²) in [6, 6.07) is 6.05. The highest BCUT2D eigenvalue weighted by Gasteiger charge is 2.29. The molecule has 0 bridgehead atoms. The molecule has 1 atom stereocenters. The van der Waals surface area contributed by atoms with Gasteiger partial charge in [0.05, 0.1) is 55.0 Å². The number of ether oxygens (including phenoxy) is 2. The van der Waals surface area contributed by atoms with Gasteiger partial charge >= 0.3 is 0 Å². The highest BCUT2D eigenvalue weighted by atomic mass is 16.5. The van der Waals surface area contributed by atoms with Crippen molar-refractivity contribution in [1.29, 1.82) is 0 Å². The minimum atomic E-state index is -0.639. The maximum atomic E-state index is 5.75. The van der Waals surface area contributed by atoms with E-state index in [9.17, 15) is 0 Å². The summed E-state index contributed by atoms with van der Waals surface area (Å²) < 4.78 is 13.2. The number of anilines is 1. The Labute approximate surface area is 179 Å². The third kappa shape index (κ3) is 3.52. The van der Waals surface area contributed by atoms with Crippen molar-refractivity contribution < 1.29 is 9.47 Å². The zero-order valence-electron chi connectivity index (χ0n) is 17.7. The monoisotopic (exact) mass is 420 g/mol. The van der Waals surface area contributed by atoms with Crippen molar-refractivity contribution in [3.05, 3.63) is 30.1 Å². The van der Waals surface area contributed by atoms with Crippen LogP contribution in [0.15, 0.2) is 39.6 Å². The molecule has 0 spiro atoms. The smallest absolute Gasteiger partial charge is 0.222 e. The van der Waals surface area contributed by atoms with E-state index in [4.69, 9.17) is 19.6 Å². The maximum absolute atomic E-state index is 5.75. The number of hydrogen-bond donors (Lipinski definition) is 1. The molecule has 160 valence electrons. The van der Waals surface area contributed by atoms with Crippen molar-refractivity contribution >= 4 is 23.1 Å². The molecule has 0 radical (unpaired) electrons. The normalized spacial score (nSPS) is 20.4. The molecule has 0 aromatic carbocycles. The van der Waals surface area contributed by atoms with Gasteiger partial charge < -0.3 is 14.8 Å². The quantitative estimate of drug-likeness (QED) is 0.627. The second-order valence-corrected chi connectivity index (χ2v) is 7.79. The summed E-state index contributed by atoms with van der Waals surface area (Å²) in [4.78, 5) is 13.7. The van der Waals surface area contributed by atoms with Crippen molar-refractivity contribution in [3.8, 4) is 17.1 Å². The topological polar surface area (TPSA) is 111 Å². The number of fused-ring (bicyclic) bond motifs is 1. The van der Waals surface area contributed by atoms with Crippen molar-refractivity contribution in [2.75, 3.05) is 31.7 Å². The van der Waals surface area contributed by atoms with Gasteiger partial charge in [0, 0.05) is 6.20 Å². The Kier molecular flexibility index (Phi) is 4.85. The van der Waals surface area contributed by atoms with Crippen LogP contribution >= 0.6 is 0 Å². The molecular formula is C21H24N8O2. The highest BCUT2D eigenvalue weighted by Crippen LogP contribution is 2.36. The van der Waals surface area contributed by atoms with E-state index in [2.05, 4.69) is 25.5 Å². The van der Waals surface area contributed by atoms with Gasteiger partial charge in [0.15, 0.2) is 5.66 Å². The zero-order chi connectivity index (χ0) is 21.4. The lowest BCUT2D eigenvalue weighted by Crippen LogP contribution is -2.32. The summed E-state index contributed by atoms with van der Waals surface area (Å²) in [6.45, 7) is 8.15. The summed E-state index contributed by atoms with van der Waals surface area (Å²) in [6.07, 6.45) is 3.20. The molecule has 1 unspecified atom stereocenters. The van der Waals surface area contributed by atoms with Crippen LogP contribution in [-0.2, 0) is 4.74 Å². The maximum Gasteiger partial charge on any atom is 0.222 e. The largest absolute Gasteiger partial charge is 0.477 e. The number of hydrogen-bond acceptors (Lipinski definition) is 9. The lowest BCUT2D eigenvalue weighted by molar-refractivity contribution is -0.0267. The van der Waals surface area contributed by atoms with Crippen LogP contribution in [0.2, 0.25) is 0 Å². The molecule has 2 aliphatic rings. The first-order chi connectivity index (χ1) is 15.1. The number of pyridine rings is 2. The number of nitrogens with one attached hydrogen (secondary N) is 1. The summed E-state index contributed by atoms with van der Waals surface area (Å²) in [5.74, 6) is 0.557. The van der Waals surface area contributed by atoms with Gasteiger partial charge in [-0.1, -0.05) is 0 Å². The van der Waals surface area contributed by atoms with Crippen molar-refractivity contribution in [1.82, 2.24) is 19.7 Å². The fraction of sp³-hybridized carbons (Fsp3) is 0.429.